The molecule has 1 aromatic rings. The van der Waals surface area contributed by atoms with Crippen molar-refractivity contribution in [3.63, 3.8) is 0 Å². The number of carbonyl (C=O) groups is 2. The molecule has 0 radical (unpaired) electrons. The summed E-state index contributed by atoms with van der Waals surface area (Å²) in [6.07, 6.45) is -1.18. The number of nitrogens with one attached hydrogen (secondary N) is 1. The van der Waals surface area contributed by atoms with Crippen LogP contribution in [-0.4, -0.2) is 40.8 Å². The molecule has 1 aromatic carbocycles. The molecule has 2 unspecified atom stereocenters. The molecule has 3 N–H and O–H groups in total. The molecule has 0 fully saturated rings. The van der Waals surface area contributed by atoms with Crippen LogP contribution in [0.1, 0.15) is 18.1 Å². The third-order valence-corrected chi connectivity index (χ3v) is 2.98. The van der Waals surface area contributed by atoms with Crippen LogP contribution in [0.5, 0.6) is 5.75 Å². The zero-order valence-corrected chi connectivity index (χ0v) is 11.7. The zero-order valence-electron chi connectivity index (χ0n) is 11.7. The van der Waals surface area contributed by atoms with E-state index < -0.39 is 24.0 Å². The molecule has 0 saturated heterocycles. The van der Waals surface area contributed by atoms with Crippen molar-refractivity contribution in [3.05, 3.63) is 29.3 Å². The standard InChI is InChI=1S/C14H19NO5/c1-8-5-4-6-11(9(8)2)20-7-12(17)15-13(10(3)16)14(18)19/h4-6,10,13,16H,7H2,1-3H3,(H,15,17)(H,18,19). The summed E-state index contributed by atoms with van der Waals surface area (Å²) >= 11 is 0. The van der Waals surface area contributed by atoms with E-state index in [0.29, 0.717) is 5.75 Å². The number of carboxylic acids is 1. The zero-order chi connectivity index (χ0) is 15.3. The molecule has 0 bridgehead atoms. The quantitative estimate of drug-likeness (QED) is 0.711. The van der Waals surface area contributed by atoms with E-state index in [9.17, 15) is 14.7 Å². The van der Waals surface area contributed by atoms with E-state index in [1.165, 1.54) is 6.92 Å². The number of aliphatic hydroxyl groups excluding tert-OH is 1. The van der Waals surface area contributed by atoms with Crippen LogP contribution in [0.3, 0.4) is 0 Å². The lowest BCUT2D eigenvalue weighted by molar-refractivity contribution is -0.145. The predicted octanol–water partition coefficient (Wildman–Crippen LogP) is 0.632. The average Bonchev–Trinajstić information content (AvgIpc) is 2.37. The summed E-state index contributed by atoms with van der Waals surface area (Å²) in [6, 6.07) is 4.13. The van der Waals surface area contributed by atoms with Crippen LogP contribution in [0, 0.1) is 13.8 Å². The Bertz CT molecular complexity index is 498. The molecule has 0 saturated carbocycles. The number of amides is 1. The first-order valence-electron chi connectivity index (χ1n) is 6.22. The second kappa shape index (κ2) is 6.91. The number of carbonyl (C=O) groups excluding carboxylic acids is 1. The molecule has 0 aliphatic rings. The molecule has 0 aliphatic carbocycles. The maximum atomic E-state index is 11.6. The Morgan fingerprint density at radius 2 is 2.00 bits per heavy atom. The number of hydrogen-bond acceptors (Lipinski definition) is 4. The van der Waals surface area contributed by atoms with Gasteiger partial charge in [-0.2, -0.15) is 0 Å². The molecule has 110 valence electrons. The van der Waals surface area contributed by atoms with Gasteiger partial charge in [-0.3, -0.25) is 4.79 Å². The largest absolute Gasteiger partial charge is 0.483 e. The number of ether oxygens (including phenoxy) is 1. The van der Waals surface area contributed by atoms with E-state index in [4.69, 9.17) is 9.84 Å². The highest BCUT2D eigenvalue weighted by Crippen LogP contribution is 2.20. The Morgan fingerprint density at radius 3 is 2.55 bits per heavy atom. The van der Waals surface area contributed by atoms with Crippen molar-refractivity contribution in [2.45, 2.75) is 32.9 Å². The minimum atomic E-state index is -1.34. The highest BCUT2D eigenvalue weighted by atomic mass is 16.5. The maximum absolute atomic E-state index is 11.6. The third-order valence-electron chi connectivity index (χ3n) is 2.98. The lowest BCUT2D eigenvalue weighted by Gasteiger charge is -2.17. The first-order valence-corrected chi connectivity index (χ1v) is 6.22. The van der Waals surface area contributed by atoms with Crippen molar-refractivity contribution in [2.24, 2.45) is 0 Å². The van der Waals surface area contributed by atoms with Gasteiger partial charge in [0.1, 0.15) is 5.75 Å². The number of aliphatic hydroxyl groups is 1. The fourth-order valence-corrected chi connectivity index (χ4v) is 1.63. The van der Waals surface area contributed by atoms with Gasteiger partial charge in [0.25, 0.3) is 5.91 Å². The Hall–Kier alpha value is -2.08. The fourth-order valence-electron chi connectivity index (χ4n) is 1.63. The molecule has 0 aromatic heterocycles. The Morgan fingerprint density at radius 1 is 1.35 bits per heavy atom. The Balaban J connectivity index is 2.59. The van der Waals surface area contributed by atoms with Gasteiger partial charge in [0.05, 0.1) is 6.10 Å². The second-order valence-electron chi connectivity index (χ2n) is 4.61. The molecule has 0 aliphatic heterocycles. The van der Waals surface area contributed by atoms with Crippen LogP contribution < -0.4 is 10.1 Å². The molecule has 20 heavy (non-hydrogen) atoms. The van der Waals surface area contributed by atoms with Gasteiger partial charge in [0.2, 0.25) is 0 Å². The van der Waals surface area contributed by atoms with Crippen molar-refractivity contribution in [3.8, 4) is 5.75 Å². The van der Waals surface area contributed by atoms with E-state index in [-0.39, 0.29) is 6.61 Å². The lowest BCUT2D eigenvalue weighted by atomic mass is 10.1. The van der Waals surface area contributed by atoms with E-state index in [2.05, 4.69) is 5.32 Å². The first-order chi connectivity index (χ1) is 9.32. The molecule has 6 nitrogen and oxygen atoms in total. The second-order valence-corrected chi connectivity index (χ2v) is 4.61. The number of hydrogen-bond donors (Lipinski definition) is 3. The molecule has 0 spiro atoms. The summed E-state index contributed by atoms with van der Waals surface area (Å²) in [6.45, 7) is 4.79. The van der Waals surface area contributed by atoms with Gasteiger partial charge in [-0.05, 0) is 38.0 Å². The van der Waals surface area contributed by atoms with Gasteiger partial charge < -0.3 is 20.3 Å². The minimum absolute atomic E-state index is 0.305. The van der Waals surface area contributed by atoms with Crippen molar-refractivity contribution in [1.82, 2.24) is 5.32 Å². The fraction of sp³-hybridized carbons (Fsp3) is 0.429. The average molecular weight is 281 g/mol. The Kier molecular flexibility index (Phi) is 5.52. The number of carboxylic acid groups (broad SMARTS) is 1. The van der Waals surface area contributed by atoms with Crippen LogP contribution in [0.25, 0.3) is 0 Å². The van der Waals surface area contributed by atoms with Crippen LogP contribution >= 0.6 is 0 Å². The molecule has 6 heteroatoms. The van der Waals surface area contributed by atoms with E-state index in [1.54, 1.807) is 6.07 Å². The van der Waals surface area contributed by atoms with Gasteiger partial charge in [0, 0.05) is 0 Å². The lowest BCUT2D eigenvalue weighted by Crippen LogP contribution is -2.49. The van der Waals surface area contributed by atoms with Gasteiger partial charge >= 0.3 is 5.97 Å². The summed E-state index contributed by atoms with van der Waals surface area (Å²) in [4.78, 5) is 22.5. The van der Waals surface area contributed by atoms with Crippen LogP contribution in [0.2, 0.25) is 0 Å². The summed E-state index contributed by atoms with van der Waals surface area (Å²) in [5.74, 6) is -1.32. The van der Waals surface area contributed by atoms with Crippen molar-refractivity contribution in [1.29, 1.82) is 0 Å². The number of aliphatic carboxylic acids is 1. The van der Waals surface area contributed by atoms with Gasteiger partial charge in [0.15, 0.2) is 12.6 Å². The van der Waals surface area contributed by atoms with Gasteiger partial charge in [-0.25, -0.2) is 4.79 Å². The predicted molar refractivity (Wildman–Crippen MR) is 72.7 cm³/mol. The summed E-state index contributed by atoms with van der Waals surface area (Å²) in [7, 11) is 0. The number of benzene rings is 1. The maximum Gasteiger partial charge on any atom is 0.328 e. The van der Waals surface area contributed by atoms with E-state index >= 15 is 0 Å². The molecular formula is C14H19NO5. The number of rotatable bonds is 6. The van der Waals surface area contributed by atoms with E-state index in [0.717, 1.165) is 11.1 Å². The topological polar surface area (TPSA) is 95.9 Å². The smallest absolute Gasteiger partial charge is 0.328 e. The van der Waals surface area contributed by atoms with Gasteiger partial charge in [-0.1, -0.05) is 12.1 Å². The minimum Gasteiger partial charge on any atom is -0.483 e. The monoisotopic (exact) mass is 281 g/mol. The van der Waals surface area contributed by atoms with Crippen molar-refractivity contribution < 1.29 is 24.5 Å². The SMILES string of the molecule is Cc1cccc(OCC(=O)NC(C(=O)O)C(C)O)c1C. The van der Waals surface area contributed by atoms with Gasteiger partial charge in [-0.15, -0.1) is 0 Å². The highest BCUT2D eigenvalue weighted by molar-refractivity contribution is 5.84. The normalized spacial score (nSPS) is 13.4. The summed E-state index contributed by atoms with van der Waals surface area (Å²) in [5, 5.41) is 20.3. The molecule has 1 rings (SSSR count). The van der Waals surface area contributed by atoms with Crippen LogP contribution in [-0.2, 0) is 9.59 Å². The molecule has 0 heterocycles. The van der Waals surface area contributed by atoms with Crippen molar-refractivity contribution in [2.75, 3.05) is 6.61 Å². The molecule has 1 amide bonds. The van der Waals surface area contributed by atoms with Crippen molar-refractivity contribution >= 4 is 11.9 Å². The molecular weight excluding hydrogens is 262 g/mol. The van der Waals surface area contributed by atoms with Crippen LogP contribution in [0.4, 0.5) is 0 Å². The summed E-state index contributed by atoms with van der Waals surface area (Å²) < 4.78 is 5.35. The number of aryl methyl sites for hydroxylation is 1. The first kappa shape index (κ1) is 16.0. The molecule has 2 atom stereocenters. The third kappa shape index (κ3) is 4.24. The summed E-state index contributed by atoms with van der Waals surface area (Å²) in [5.41, 5.74) is 1.96. The van der Waals surface area contributed by atoms with E-state index in [1.807, 2.05) is 26.0 Å². The highest BCUT2D eigenvalue weighted by Gasteiger charge is 2.25. The van der Waals surface area contributed by atoms with Crippen LogP contribution in [0.15, 0.2) is 18.2 Å². The Labute approximate surface area is 117 Å².